The smallest absolute Gasteiger partial charge is 0.135 e. The fourth-order valence-corrected chi connectivity index (χ4v) is 6.03. The first-order valence-electron chi connectivity index (χ1n) is 15.1. The van der Waals surface area contributed by atoms with Crippen LogP contribution in [0.3, 0.4) is 0 Å². The van der Waals surface area contributed by atoms with Crippen LogP contribution in [0.15, 0.2) is 128 Å². The van der Waals surface area contributed by atoms with Crippen LogP contribution in [0.2, 0.25) is 0 Å². The summed E-state index contributed by atoms with van der Waals surface area (Å²) in [5.74, 6) is 2.09. The molecule has 1 aliphatic heterocycles. The predicted molar refractivity (Wildman–Crippen MR) is 183 cm³/mol. The summed E-state index contributed by atoms with van der Waals surface area (Å²) < 4.78 is 8.63. The summed E-state index contributed by atoms with van der Waals surface area (Å²) >= 11 is 0. The maximum Gasteiger partial charge on any atom is 0.135 e. The Morgan fingerprint density at radius 1 is 0.674 bits per heavy atom. The molecule has 2 aromatic heterocycles. The Balaban J connectivity index is 0.00000338. The minimum Gasteiger partial charge on any atom is -0.509 e. The zero-order chi connectivity index (χ0) is 30.5. The molecule has 6 heteroatoms. The van der Waals surface area contributed by atoms with Crippen LogP contribution in [0.4, 0.5) is 22.7 Å². The van der Waals surface area contributed by atoms with Crippen molar-refractivity contribution in [3.63, 3.8) is 0 Å². The summed E-state index contributed by atoms with van der Waals surface area (Å²) in [7, 11) is 0. The van der Waals surface area contributed by atoms with E-state index < -0.39 is 0 Å². The molecule has 46 heavy (non-hydrogen) atoms. The number of fused-ring (bicyclic) bond motifs is 4. The molecule has 0 saturated carbocycles. The van der Waals surface area contributed by atoms with E-state index in [-0.39, 0.29) is 26.5 Å². The summed E-state index contributed by atoms with van der Waals surface area (Å²) in [6.45, 7) is 8.76. The summed E-state index contributed by atoms with van der Waals surface area (Å²) in [5.41, 5.74) is 7.40. The molecule has 7 aromatic rings. The van der Waals surface area contributed by atoms with Gasteiger partial charge >= 0.3 is 0 Å². The minimum atomic E-state index is 0. The number of para-hydroxylation sites is 4. The number of hydrogen-bond acceptors (Lipinski definition) is 4. The first kappa shape index (κ1) is 29.8. The second-order valence-corrected chi connectivity index (χ2v) is 12.3. The molecule has 0 radical (unpaired) electrons. The van der Waals surface area contributed by atoms with Crippen LogP contribution < -0.4 is 14.5 Å². The van der Waals surface area contributed by atoms with Crippen molar-refractivity contribution >= 4 is 44.6 Å². The average Bonchev–Trinajstić information content (AvgIpc) is 3.61. The maximum absolute atomic E-state index is 6.45. The van der Waals surface area contributed by atoms with E-state index in [2.05, 4.69) is 145 Å². The van der Waals surface area contributed by atoms with Gasteiger partial charge in [-0.15, -0.1) is 48.1 Å². The van der Waals surface area contributed by atoms with Crippen molar-refractivity contribution in [2.45, 2.75) is 26.2 Å². The van der Waals surface area contributed by atoms with Crippen LogP contribution in [0.1, 0.15) is 26.3 Å². The first-order valence-corrected chi connectivity index (χ1v) is 15.1. The van der Waals surface area contributed by atoms with Crippen LogP contribution in [0, 0.1) is 18.8 Å². The van der Waals surface area contributed by atoms with Crippen LogP contribution in [0.25, 0.3) is 27.6 Å². The van der Waals surface area contributed by atoms with Gasteiger partial charge in [0, 0.05) is 61.3 Å². The molecule has 0 bridgehead atoms. The summed E-state index contributed by atoms with van der Waals surface area (Å²) in [4.78, 5) is 9.14. The van der Waals surface area contributed by atoms with E-state index in [1.165, 1.54) is 5.56 Å². The number of nitrogens with zero attached hydrogens (tertiary/aromatic N) is 4. The van der Waals surface area contributed by atoms with Crippen molar-refractivity contribution in [2.24, 2.45) is 0 Å². The first-order chi connectivity index (χ1) is 21.9. The molecular weight excluding hydrogens is 748 g/mol. The van der Waals surface area contributed by atoms with Crippen LogP contribution >= 0.6 is 0 Å². The summed E-state index contributed by atoms with van der Waals surface area (Å²) in [6, 6.07) is 48.6. The van der Waals surface area contributed by atoms with Gasteiger partial charge in [0.05, 0.1) is 0 Å². The van der Waals surface area contributed by atoms with Crippen molar-refractivity contribution in [2.75, 3.05) is 9.80 Å². The van der Waals surface area contributed by atoms with Crippen molar-refractivity contribution in [3.05, 3.63) is 152 Å². The van der Waals surface area contributed by atoms with Crippen LogP contribution in [0.5, 0.6) is 11.5 Å². The summed E-state index contributed by atoms with van der Waals surface area (Å²) in [5, 5.41) is 2.25. The van der Waals surface area contributed by atoms with E-state index in [4.69, 9.17) is 9.72 Å². The van der Waals surface area contributed by atoms with Gasteiger partial charge in [0.15, 0.2) is 0 Å². The largest absolute Gasteiger partial charge is 0.509 e. The molecule has 0 spiro atoms. The fourth-order valence-electron chi connectivity index (χ4n) is 6.03. The Bertz CT molecular complexity index is 2180. The Morgan fingerprint density at radius 3 is 2.20 bits per heavy atom. The van der Waals surface area contributed by atoms with Gasteiger partial charge < -0.3 is 19.1 Å². The van der Waals surface area contributed by atoms with Crippen molar-refractivity contribution in [3.8, 4) is 17.3 Å². The van der Waals surface area contributed by atoms with E-state index in [1.54, 1.807) is 0 Å². The number of pyridine rings is 1. The zero-order valence-corrected chi connectivity index (χ0v) is 28.0. The van der Waals surface area contributed by atoms with Crippen molar-refractivity contribution < 1.29 is 25.8 Å². The van der Waals surface area contributed by atoms with Gasteiger partial charge in [0.2, 0.25) is 0 Å². The number of anilines is 4. The number of rotatable bonds is 5. The van der Waals surface area contributed by atoms with E-state index >= 15 is 0 Å². The van der Waals surface area contributed by atoms with Gasteiger partial charge in [0.25, 0.3) is 0 Å². The molecule has 5 aromatic carbocycles. The van der Waals surface area contributed by atoms with E-state index in [0.717, 1.165) is 50.4 Å². The Labute approximate surface area is 284 Å². The third-order valence-corrected chi connectivity index (χ3v) is 8.30. The van der Waals surface area contributed by atoms with Crippen molar-refractivity contribution in [1.29, 1.82) is 0 Å². The van der Waals surface area contributed by atoms with Gasteiger partial charge in [-0.1, -0.05) is 74.8 Å². The minimum absolute atomic E-state index is 0. The van der Waals surface area contributed by atoms with Gasteiger partial charge in [-0.3, -0.25) is 0 Å². The molecule has 0 N–H and O–H groups in total. The van der Waals surface area contributed by atoms with Crippen molar-refractivity contribution in [1.82, 2.24) is 9.55 Å². The SMILES string of the molecule is CC(C)(C)c1ccnc(-n2c3[c-]c(Oc4[c-]c(N5[CH-]N(c6ccccc6)c6ccccc65)ccc4)ccc3c3ccccc32)c1.[Pt]. The molecule has 1 aliphatic rings. The standard InChI is InChI=1S/C40H31N4O.Pt/c1-40(2,3)28-22-23-41-39(24-28)44-35-17-8-7-16-33(35)34-21-20-32(26-38(34)44)45-31-15-11-14-30(25-31)43-27-42(29-12-5-4-6-13-29)36-18-9-10-19-37(36)43;/h4-24,27H,1-3H3;/q-3;. The van der Waals surface area contributed by atoms with Gasteiger partial charge in [0.1, 0.15) is 5.82 Å². The number of benzene rings is 5. The number of hydrogen-bond donors (Lipinski definition) is 0. The average molecular weight is 779 g/mol. The molecule has 0 aliphatic carbocycles. The van der Waals surface area contributed by atoms with Gasteiger partial charge in [-0.2, -0.15) is 12.1 Å². The van der Waals surface area contributed by atoms with Crippen LogP contribution in [-0.4, -0.2) is 9.55 Å². The topological polar surface area (TPSA) is 33.5 Å². The molecule has 0 saturated heterocycles. The zero-order valence-electron chi connectivity index (χ0n) is 25.7. The normalized spacial score (nSPS) is 12.8. The molecule has 0 unspecified atom stereocenters. The number of aromatic nitrogens is 2. The molecule has 0 fully saturated rings. The van der Waals surface area contributed by atoms with Gasteiger partial charge in [-0.05, 0) is 58.8 Å². The molecular formula is C40H31N4OPt-3. The maximum atomic E-state index is 6.45. The second kappa shape index (κ2) is 11.8. The van der Waals surface area contributed by atoms with E-state index in [0.29, 0.717) is 11.5 Å². The van der Waals surface area contributed by atoms with Crippen LogP contribution in [-0.2, 0) is 26.5 Å². The number of ether oxygens (including phenoxy) is 1. The summed E-state index contributed by atoms with van der Waals surface area (Å²) in [6.07, 6.45) is 1.89. The second-order valence-electron chi connectivity index (χ2n) is 12.3. The van der Waals surface area contributed by atoms with E-state index in [9.17, 15) is 0 Å². The Kier molecular flexibility index (Phi) is 7.66. The molecule has 5 nitrogen and oxygen atoms in total. The molecule has 3 heterocycles. The molecule has 0 amide bonds. The third kappa shape index (κ3) is 5.25. The Hall–Kier alpha value is -4.86. The van der Waals surface area contributed by atoms with E-state index in [1.807, 2.05) is 36.5 Å². The molecule has 0 atom stereocenters. The third-order valence-electron chi connectivity index (χ3n) is 8.30. The predicted octanol–water partition coefficient (Wildman–Crippen LogP) is 10.3. The molecule has 230 valence electrons. The fraction of sp³-hybridized carbons (Fsp3) is 0.100. The molecule has 8 rings (SSSR count). The van der Waals surface area contributed by atoms with Gasteiger partial charge in [-0.25, -0.2) is 4.98 Å². The Morgan fingerprint density at radius 2 is 1.39 bits per heavy atom. The quantitative estimate of drug-likeness (QED) is 0.163. The monoisotopic (exact) mass is 778 g/mol.